The number of nitrogens with one attached hydrogen (secondary N) is 9. The Morgan fingerprint density at radius 1 is 0.681 bits per heavy atom. The van der Waals surface area contributed by atoms with Crippen molar-refractivity contribution in [1.82, 2.24) is 57.1 Å². The molecule has 0 spiro atoms. The van der Waals surface area contributed by atoms with Crippen molar-refractivity contribution in [1.29, 1.82) is 0 Å². The molecule has 1 saturated heterocycles. The van der Waals surface area contributed by atoms with Crippen LogP contribution in [0.15, 0.2) is 72.2 Å². The molecule has 0 radical (unpaired) electrons. The number of likely N-dealkylation sites (tertiary alicyclic amines) is 1. The van der Waals surface area contributed by atoms with Gasteiger partial charge in [-0.05, 0) is 118 Å². The summed E-state index contributed by atoms with van der Waals surface area (Å²) < 4.78 is 16.3. The number of hydrogen-bond acceptors (Lipinski definition) is 24. The number of methoxy groups -OCH3 is 1. The van der Waals surface area contributed by atoms with E-state index in [9.17, 15) is 72.9 Å². The fraction of sp³-hybridized carbons (Fsp3) is 0.610. The number of phenolic OH excluding ortho intramolecular Hbond substituents is 1. The van der Waals surface area contributed by atoms with E-state index >= 15 is 9.59 Å². The van der Waals surface area contributed by atoms with Crippen LogP contribution in [-0.4, -0.2) is 238 Å². The van der Waals surface area contributed by atoms with Gasteiger partial charge in [-0.2, -0.15) is 0 Å². The smallest absolute Gasteiger partial charge is 0.308 e. The molecular formula is C82H121N15O20S2. The van der Waals surface area contributed by atoms with Crippen molar-refractivity contribution in [2.24, 2.45) is 57.7 Å². The number of para-hydroxylation sites is 1. The number of nitrogens with two attached hydrogens (primary N) is 3. The van der Waals surface area contributed by atoms with Gasteiger partial charge in [-0.3, -0.25) is 72.1 Å². The average Bonchev–Trinajstić information content (AvgIpc) is 1.72. The van der Waals surface area contributed by atoms with Crippen molar-refractivity contribution < 1.29 is 96.7 Å². The fourth-order valence-electron chi connectivity index (χ4n) is 14.2. The molecule has 1 saturated carbocycles. The van der Waals surface area contributed by atoms with Crippen LogP contribution in [0.25, 0.3) is 10.9 Å². The molecule has 37 heteroatoms. The van der Waals surface area contributed by atoms with Crippen molar-refractivity contribution >= 4 is 121 Å². The molecule has 656 valence electrons. The number of rotatable bonds is 59. The highest BCUT2D eigenvalue weighted by Gasteiger charge is 2.41. The maximum atomic E-state index is 15.2. The van der Waals surface area contributed by atoms with Crippen molar-refractivity contribution in [2.45, 2.75) is 205 Å². The van der Waals surface area contributed by atoms with Gasteiger partial charge < -0.3 is 98.8 Å². The summed E-state index contributed by atoms with van der Waals surface area (Å²) in [6.07, 6.45) is 5.41. The number of carbonyl (C=O) groups excluding carboxylic acids is 14. The molecule has 3 heterocycles. The first-order chi connectivity index (χ1) is 57.1. The third kappa shape index (κ3) is 35.6. The van der Waals surface area contributed by atoms with Crippen LogP contribution in [0.3, 0.4) is 0 Å². The molecule has 9 amide bonds. The fourth-order valence-corrected chi connectivity index (χ4v) is 16.0. The molecule has 4 aromatic rings. The second kappa shape index (κ2) is 53.0. The van der Waals surface area contributed by atoms with Crippen LogP contribution in [0.1, 0.15) is 166 Å². The monoisotopic (exact) mass is 1700 g/mol. The van der Waals surface area contributed by atoms with Crippen LogP contribution in [0.5, 0.6) is 5.75 Å². The number of aromatic amines is 2. The topological polar surface area (TPSA) is 550 Å². The van der Waals surface area contributed by atoms with Crippen LogP contribution in [0.2, 0.25) is 0 Å². The van der Waals surface area contributed by atoms with Crippen LogP contribution < -0.4 is 54.4 Å². The Bertz CT molecular complexity index is 3990. The molecule has 1 aliphatic heterocycles. The van der Waals surface area contributed by atoms with E-state index in [0.29, 0.717) is 73.6 Å². The number of phenols is 1. The number of ether oxygens (including phenoxy) is 3. The molecule has 119 heavy (non-hydrogen) atoms. The predicted octanol–water partition coefficient (Wildman–Crippen LogP) is 2.63. The molecule has 6 rings (SSSR count). The van der Waals surface area contributed by atoms with Gasteiger partial charge in [0.2, 0.25) is 59.5 Å². The number of guanidine groups is 1. The van der Waals surface area contributed by atoms with Crippen molar-refractivity contribution in [3.05, 3.63) is 84.1 Å². The zero-order valence-electron chi connectivity index (χ0n) is 68.5. The van der Waals surface area contributed by atoms with Crippen LogP contribution in [0.4, 0.5) is 0 Å². The number of fused-ring (bicyclic) bond motifs is 1. The number of aliphatic imine (C=N–C) groups is 1. The minimum Gasteiger partial charge on any atom is -0.508 e. The molecule has 1 aliphatic carbocycles. The Labute approximate surface area is 701 Å². The number of aromatic hydroxyl groups is 1. The summed E-state index contributed by atoms with van der Waals surface area (Å²) in [6.45, 7) is 5.28. The summed E-state index contributed by atoms with van der Waals surface area (Å²) in [5.74, 6) is -11.7. The molecular weight excluding hydrogens is 1580 g/mol. The highest BCUT2D eigenvalue weighted by molar-refractivity contribution is 8.76. The van der Waals surface area contributed by atoms with E-state index in [0.717, 1.165) is 10.9 Å². The van der Waals surface area contributed by atoms with Gasteiger partial charge in [0.25, 0.3) is 0 Å². The number of H-pyrrole nitrogens is 2. The summed E-state index contributed by atoms with van der Waals surface area (Å²) in [5.41, 5.74) is 18.8. The quantitative estimate of drug-likeness (QED) is 0.00754. The molecule has 18 N–H and O–H groups in total. The number of unbranched alkanes of at least 4 members (excludes halogenated alkanes) is 1. The summed E-state index contributed by atoms with van der Waals surface area (Å²) in [5, 5.41) is 50.9. The Morgan fingerprint density at radius 2 is 1.34 bits per heavy atom. The minimum atomic E-state index is -1.67. The number of primary amides is 1. The van der Waals surface area contributed by atoms with Gasteiger partial charge in [-0.15, -0.1) is 0 Å². The summed E-state index contributed by atoms with van der Waals surface area (Å²) in [7, 11) is 4.48. The number of ketones is 4. The minimum absolute atomic E-state index is 0.00684. The number of aliphatic hydroxyl groups excluding tert-OH is 2. The highest BCUT2D eigenvalue weighted by atomic mass is 33.1. The lowest BCUT2D eigenvalue weighted by molar-refractivity contribution is -0.177. The van der Waals surface area contributed by atoms with Gasteiger partial charge in [0.15, 0.2) is 23.3 Å². The number of carbonyl (C=O) groups is 14. The summed E-state index contributed by atoms with van der Waals surface area (Å²) in [6, 6.07) is 6.59. The van der Waals surface area contributed by atoms with Gasteiger partial charge in [0.05, 0.1) is 44.8 Å². The zero-order chi connectivity index (χ0) is 86.8. The highest BCUT2D eigenvalue weighted by Crippen LogP contribution is 2.29. The predicted molar refractivity (Wildman–Crippen MR) is 445 cm³/mol. The maximum Gasteiger partial charge on any atom is 0.308 e. The Morgan fingerprint density at radius 3 is 2.02 bits per heavy atom. The standard InChI is InChI=1S/C82H121N15O20S2/c1-5-51(47-98)37-75(115-4)117-74(108)19-10-18-72(106)88-29-33-118-119-34-32-116-31-26-73(107)87-27-9-8-15-63(68(102)40-54(35-50(2)3)77(110)94-64(16-11-28-89-82(84)85)81(114)97-30-12-17-67(97)80(113)91-46-71(83)105)93-78(111)55(36-52-20-23-59(100)24-21-52)41-70(104)66(48-99)96-79(112)56(38-57-44-90-62-14-7-6-13-61(57)62)42-69(103)65(43-58-45-86-49-92-58)95-76(109)53-22-25-60(101)39-53/h6-7,13-14,20-21,23-24,44-45,49-51,53-56,63-67,75,90,98-100H,5,8-12,15-19,22,25-43,46-48H2,1-4H3,(H2,83,105)(H,86,92)(H,87,107)(H,88,106)(H,91,113)(H,93,111)(H,94,110)(H,95,109)(H,96,112)(H4,84,85,89)/t51?,53?,54?,55-,56-,63-,64+,65+,66+,67-,75?/m0/s1. The number of esters is 1. The molecule has 11 atom stereocenters. The Hall–Kier alpha value is -9.82. The van der Waals surface area contributed by atoms with Gasteiger partial charge in [-0.1, -0.05) is 79.1 Å². The molecule has 0 bridgehead atoms. The first kappa shape index (κ1) is 98.0. The van der Waals surface area contributed by atoms with Gasteiger partial charge in [-0.25, -0.2) is 4.98 Å². The second-order valence-electron chi connectivity index (χ2n) is 30.6. The summed E-state index contributed by atoms with van der Waals surface area (Å²) in [4.78, 5) is 209. The molecule has 2 aliphatic rings. The molecule has 2 aromatic heterocycles. The van der Waals surface area contributed by atoms with Crippen LogP contribution in [0, 0.1) is 35.5 Å². The number of aliphatic hydroxyl groups is 2. The van der Waals surface area contributed by atoms with E-state index in [1.54, 1.807) is 12.3 Å². The number of amides is 9. The summed E-state index contributed by atoms with van der Waals surface area (Å²) >= 11 is 0. The number of nitrogens with zero attached hydrogens (tertiary/aromatic N) is 3. The maximum absolute atomic E-state index is 15.2. The Balaban J connectivity index is 1.16. The third-order valence-corrected chi connectivity index (χ3v) is 23.2. The Kier molecular flexibility index (Phi) is 43.6. The SMILES string of the molecule is CCC(CO)CC(OC)OC(=O)CCCC(=O)NCCSSCCOCCC(=O)NCCCC[C@H](NC(=O)[C@H](CC(=O)[C@@H](CO)NC(=O)[C@H](CC(=O)[C@@H](Cc1cnc[nH]1)NC(=O)C1CCC(=O)C1)Cc1c[nH]c2ccccc12)Cc1ccc(O)cc1)C(=O)CC(CC(C)C)C(=O)N[C@H](CCCN=C(N)N)C(=O)N1CCC[C@H]1C(=O)NCC(N)=O. The first-order valence-corrected chi connectivity index (χ1v) is 43.4. The van der Waals surface area contributed by atoms with Crippen molar-refractivity contribution in [3.63, 3.8) is 0 Å². The zero-order valence-corrected chi connectivity index (χ0v) is 70.1. The molecule has 2 aromatic carbocycles. The van der Waals surface area contributed by atoms with E-state index in [-0.39, 0.29) is 170 Å². The lowest BCUT2D eigenvalue weighted by Crippen LogP contribution is -2.55. The number of aromatic nitrogens is 3. The van der Waals surface area contributed by atoms with Gasteiger partial charge in [0, 0.05) is 168 Å². The van der Waals surface area contributed by atoms with E-state index in [1.807, 2.05) is 39.0 Å². The van der Waals surface area contributed by atoms with E-state index in [4.69, 9.17) is 31.4 Å². The molecule has 35 nitrogen and oxygen atoms in total. The van der Waals surface area contributed by atoms with Gasteiger partial charge in [0.1, 0.15) is 29.7 Å². The lowest BCUT2D eigenvalue weighted by atomic mass is 9.87. The number of hydrogen-bond donors (Lipinski definition) is 15. The largest absolute Gasteiger partial charge is 0.508 e. The van der Waals surface area contributed by atoms with Crippen LogP contribution in [-0.2, 0) is 101 Å². The second-order valence-corrected chi connectivity index (χ2v) is 33.3. The molecule has 2 fully saturated rings. The van der Waals surface area contributed by atoms with E-state index in [1.165, 1.54) is 70.4 Å². The average molecular weight is 1700 g/mol. The van der Waals surface area contributed by atoms with Crippen LogP contribution >= 0.6 is 21.6 Å². The third-order valence-electron chi connectivity index (χ3n) is 20.8. The van der Waals surface area contributed by atoms with Gasteiger partial charge >= 0.3 is 5.97 Å². The number of imidazole rings is 1. The van der Waals surface area contributed by atoms with E-state index < -0.39 is 157 Å². The van der Waals surface area contributed by atoms with Crippen molar-refractivity contribution in [2.75, 3.05) is 77.8 Å². The number of Topliss-reactive ketones (excluding diaryl/α,β-unsaturated/α-hetero) is 4. The first-order valence-electron chi connectivity index (χ1n) is 40.9. The molecule has 4 unspecified atom stereocenters. The van der Waals surface area contributed by atoms with Crippen molar-refractivity contribution in [3.8, 4) is 5.75 Å². The normalized spacial score (nSPS) is 16.2. The van der Waals surface area contributed by atoms with E-state index in [2.05, 4.69) is 57.2 Å². The lowest BCUT2D eigenvalue weighted by Gasteiger charge is -2.30. The number of benzene rings is 2.